The van der Waals surface area contributed by atoms with Gasteiger partial charge in [0.25, 0.3) is 5.91 Å². The van der Waals surface area contributed by atoms with Crippen LogP contribution in [0.4, 0.5) is 0 Å². The monoisotopic (exact) mass is 246 g/mol. The van der Waals surface area contributed by atoms with Gasteiger partial charge in [-0.05, 0) is 25.5 Å². The molecule has 0 spiro atoms. The molecule has 5 nitrogen and oxygen atoms in total. The molecule has 0 aliphatic carbocycles. The van der Waals surface area contributed by atoms with Crippen LogP contribution in [-0.4, -0.2) is 28.0 Å². The number of rotatable bonds is 3. The molecule has 1 atom stereocenters. The fraction of sp³-hybridized carbons (Fsp3) is 0.231. The molecule has 0 saturated heterocycles. The number of nitrogens with one attached hydrogen (secondary N) is 2. The SMILES string of the molecule is Cc1cccc2cc(C(=O)N[C@@H](C)C(=O)O)[nH]c12. The summed E-state index contributed by atoms with van der Waals surface area (Å²) in [6, 6.07) is 6.56. The highest BCUT2D eigenvalue weighted by Crippen LogP contribution is 2.18. The van der Waals surface area contributed by atoms with Crippen LogP contribution >= 0.6 is 0 Å². The quantitative estimate of drug-likeness (QED) is 0.770. The van der Waals surface area contributed by atoms with E-state index in [1.54, 1.807) is 6.07 Å². The Labute approximate surface area is 104 Å². The smallest absolute Gasteiger partial charge is 0.325 e. The molecule has 3 N–H and O–H groups in total. The average molecular weight is 246 g/mol. The Morgan fingerprint density at radius 2 is 2.11 bits per heavy atom. The van der Waals surface area contributed by atoms with Crippen LogP contribution in [0.2, 0.25) is 0 Å². The topological polar surface area (TPSA) is 82.2 Å². The first-order valence-corrected chi connectivity index (χ1v) is 5.61. The summed E-state index contributed by atoms with van der Waals surface area (Å²) >= 11 is 0. The molecule has 2 rings (SSSR count). The van der Waals surface area contributed by atoms with E-state index in [-0.39, 0.29) is 0 Å². The number of hydrogen-bond donors (Lipinski definition) is 3. The molecule has 0 fully saturated rings. The second kappa shape index (κ2) is 4.52. The van der Waals surface area contributed by atoms with Crippen LogP contribution in [0.15, 0.2) is 24.3 Å². The number of carbonyl (C=O) groups is 2. The highest BCUT2D eigenvalue weighted by atomic mass is 16.4. The number of fused-ring (bicyclic) bond motifs is 1. The number of carboxylic acid groups (broad SMARTS) is 1. The summed E-state index contributed by atoms with van der Waals surface area (Å²) in [5.74, 6) is -1.48. The lowest BCUT2D eigenvalue weighted by Gasteiger charge is -2.07. The molecule has 1 aromatic heterocycles. The van der Waals surface area contributed by atoms with Gasteiger partial charge in [-0.3, -0.25) is 9.59 Å². The van der Waals surface area contributed by atoms with Gasteiger partial charge in [-0.2, -0.15) is 0 Å². The van der Waals surface area contributed by atoms with Crippen molar-refractivity contribution in [1.82, 2.24) is 10.3 Å². The Morgan fingerprint density at radius 1 is 1.39 bits per heavy atom. The van der Waals surface area contributed by atoms with Gasteiger partial charge < -0.3 is 15.4 Å². The Balaban J connectivity index is 2.29. The van der Waals surface area contributed by atoms with E-state index in [1.807, 2.05) is 25.1 Å². The maximum atomic E-state index is 11.8. The van der Waals surface area contributed by atoms with Gasteiger partial charge in [0, 0.05) is 10.9 Å². The normalized spacial score (nSPS) is 12.3. The molecule has 0 saturated carbocycles. The van der Waals surface area contributed by atoms with Crippen LogP contribution in [0.3, 0.4) is 0 Å². The van der Waals surface area contributed by atoms with Gasteiger partial charge in [-0.15, -0.1) is 0 Å². The molecule has 1 aromatic carbocycles. The van der Waals surface area contributed by atoms with Gasteiger partial charge >= 0.3 is 5.97 Å². The summed E-state index contributed by atoms with van der Waals surface area (Å²) in [4.78, 5) is 25.5. The maximum absolute atomic E-state index is 11.8. The highest BCUT2D eigenvalue weighted by molar-refractivity contribution is 6.00. The minimum Gasteiger partial charge on any atom is -0.480 e. The first kappa shape index (κ1) is 12.2. The molecule has 0 aliphatic heterocycles. The number of carboxylic acids is 1. The lowest BCUT2D eigenvalue weighted by atomic mass is 10.2. The van der Waals surface area contributed by atoms with Gasteiger partial charge in [0.05, 0.1) is 0 Å². The Kier molecular flexibility index (Phi) is 3.06. The van der Waals surface area contributed by atoms with Gasteiger partial charge in [-0.1, -0.05) is 18.2 Å². The standard InChI is InChI=1S/C13H14N2O3/c1-7-4-3-5-9-6-10(15-11(7)9)12(16)14-8(2)13(17)18/h3-6,8,15H,1-2H3,(H,14,16)(H,17,18)/t8-/m0/s1. The third-order valence-electron chi connectivity index (χ3n) is 2.83. The van der Waals surface area contributed by atoms with E-state index in [0.29, 0.717) is 5.69 Å². The summed E-state index contributed by atoms with van der Waals surface area (Å²) in [5, 5.41) is 12.1. The van der Waals surface area contributed by atoms with Crippen molar-refractivity contribution >= 4 is 22.8 Å². The number of para-hydroxylation sites is 1. The van der Waals surface area contributed by atoms with Crippen molar-refractivity contribution in [2.75, 3.05) is 0 Å². The number of aliphatic carboxylic acids is 1. The molecule has 0 radical (unpaired) electrons. The van der Waals surface area contributed by atoms with Crippen LogP contribution in [0.5, 0.6) is 0 Å². The van der Waals surface area contributed by atoms with Gasteiger partial charge in [0.2, 0.25) is 0 Å². The molecule has 0 unspecified atom stereocenters. The second-order valence-corrected chi connectivity index (χ2v) is 4.26. The molecule has 5 heteroatoms. The first-order chi connectivity index (χ1) is 8.49. The number of amides is 1. The molecule has 0 aliphatic rings. The molecular weight excluding hydrogens is 232 g/mol. The molecule has 94 valence electrons. The summed E-state index contributed by atoms with van der Waals surface area (Å²) < 4.78 is 0. The molecule has 1 heterocycles. The van der Waals surface area contributed by atoms with E-state index in [2.05, 4.69) is 10.3 Å². The van der Waals surface area contributed by atoms with Crippen molar-refractivity contribution in [3.8, 4) is 0 Å². The zero-order valence-corrected chi connectivity index (χ0v) is 10.2. The Bertz CT molecular complexity index is 616. The van der Waals surface area contributed by atoms with E-state index in [1.165, 1.54) is 6.92 Å². The summed E-state index contributed by atoms with van der Waals surface area (Å²) in [5.41, 5.74) is 2.30. The van der Waals surface area contributed by atoms with Gasteiger partial charge in [0.15, 0.2) is 0 Å². The Morgan fingerprint density at radius 3 is 2.72 bits per heavy atom. The van der Waals surface area contributed by atoms with E-state index in [4.69, 9.17) is 5.11 Å². The predicted molar refractivity (Wildman–Crippen MR) is 67.6 cm³/mol. The predicted octanol–water partition coefficient (Wildman–Crippen LogP) is 1.68. The fourth-order valence-electron chi connectivity index (χ4n) is 1.77. The number of aryl methyl sites for hydroxylation is 1. The summed E-state index contributed by atoms with van der Waals surface area (Å²) in [6.45, 7) is 3.37. The van der Waals surface area contributed by atoms with Crippen molar-refractivity contribution < 1.29 is 14.7 Å². The second-order valence-electron chi connectivity index (χ2n) is 4.26. The lowest BCUT2D eigenvalue weighted by Crippen LogP contribution is -2.38. The number of carbonyl (C=O) groups excluding carboxylic acids is 1. The third kappa shape index (κ3) is 2.20. The Hall–Kier alpha value is -2.30. The minimum atomic E-state index is -1.06. The van der Waals surface area contributed by atoms with Crippen molar-refractivity contribution in [1.29, 1.82) is 0 Å². The van der Waals surface area contributed by atoms with Crippen molar-refractivity contribution in [3.63, 3.8) is 0 Å². The zero-order chi connectivity index (χ0) is 13.3. The third-order valence-corrected chi connectivity index (χ3v) is 2.83. The summed E-state index contributed by atoms with van der Waals surface area (Å²) in [6.07, 6.45) is 0. The first-order valence-electron chi connectivity index (χ1n) is 5.61. The van der Waals surface area contributed by atoms with Crippen LogP contribution in [0.25, 0.3) is 10.9 Å². The number of benzene rings is 1. The number of aromatic amines is 1. The molecule has 1 amide bonds. The van der Waals surface area contributed by atoms with Crippen molar-refractivity contribution in [3.05, 3.63) is 35.5 Å². The van der Waals surface area contributed by atoms with Crippen LogP contribution in [0.1, 0.15) is 23.0 Å². The van der Waals surface area contributed by atoms with E-state index < -0.39 is 17.9 Å². The van der Waals surface area contributed by atoms with Crippen molar-refractivity contribution in [2.45, 2.75) is 19.9 Å². The zero-order valence-electron chi connectivity index (χ0n) is 10.2. The largest absolute Gasteiger partial charge is 0.480 e. The highest BCUT2D eigenvalue weighted by Gasteiger charge is 2.16. The maximum Gasteiger partial charge on any atom is 0.325 e. The van der Waals surface area contributed by atoms with E-state index in [9.17, 15) is 9.59 Å². The number of aromatic nitrogens is 1. The van der Waals surface area contributed by atoms with Crippen LogP contribution in [-0.2, 0) is 4.79 Å². The lowest BCUT2D eigenvalue weighted by molar-refractivity contribution is -0.138. The van der Waals surface area contributed by atoms with E-state index >= 15 is 0 Å². The van der Waals surface area contributed by atoms with Crippen LogP contribution in [0, 0.1) is 6.92 Å². The molecule has 0 bridgehead atoms. The fourth-order valence-corrected chi connectivity index (χ4v) is 1.77. The van der Waals surface area contributed by atoms with Crippen LogP contribution < -0.4 is 5.32 Å². The van der Waals surface area contributed by atoms with E-state index in [0.717, 1.165) is 16.5 Å². The molecular formula is C13H14N2O3. The molecule has 2 aromatic rings. The van der Waals surface area contributed by atoms with Gasteiger partial charge in [0.1, 0.15) is 11.7 Å². The van der Waals surface area contributed by atoms with Gasteiger partial charge in [-0.25, -0.2) is 0 Å². The summed E-state index contributed by atoms with van der Waals surface area (Å²) in [7, 11) is 0. The number of hydrogen-bond acceptors (Lipinski definition) is 2. The minimum absolute atomic E-state index is 0.368. The average Bonchev–Trinajstić information content (AvgIpc) is 2.74. The molecule has 18 heavy (non-hydrogen) atoms. The number of H-pyrrole nitrogens is 1. The van der Waals surface area contributed by atoms with Crippen molar-refractivity contribution in [2.24, 2.45) is 0 Å².